The van der Waals surface area contributed by atoms with Crippen molar-refractivity contribution in [3.05, 3.63) is 22.7 Å². The van der Waals surface area contributed by atoms with E-state index in [0.29, 0.717) is 22.8 Å². The molecule has 1 heterocycles. The van der Waals surface area contributed by atoms with Crippen molar-refractivity contribution >= 4 is 35.1 Å². The van der Waals surface area contributed by atoms with Crippen LogP contribution in [0.25, 0.3) is 0 Å². The molecule has 22 heavy (non-hydrogen) atoms. The summed E-state index contributed by atoms with van der Waals surface area (Å²) in [6.45, 7) is 3.88. The topological polar surface area (TPSA) is 73.4 Å². The lowest BCUT2D eigenvalue weighted by Crippen LogP contribution is -2.66. The van der Waals surface area contributed by atoms with E-state index in [0.717, 1.165) is 38.0 Å². The third kappa shape index (κ3) is 2.33. The second-order valence-corrected chi connectivity index (χ2v) is 6.68. The number of hydrogen-bond acceptors (Lipinski definition) is 4. The van der Waals surface area contributed by atoms with Gasteiger partial charge in [-0.15, -0.1) is 0 Å². The number of hydrogen-bond donors (Lipinski definition) is 2. The molecule has 1 spiro atoms. The molecule has 3 rings (SSSR count). The molecule has 0 bridgehead atoms. The zero-order valence-corrected chi connectivity index (χ0v) is 13.5. The zero-order valence-electron chi connectivity index (χ0n) is 12.7. The van der Waals surface area contributed by atoms with E-state index in [1.165, 1.54) is 6.21 Å². The fraction of sp³-hybridized carbons (Fsp3) is 0.500. The number of halogens is 1. The van der Waals surface area contributed by atoms with Crippen molar-refractivity contribution in [1.82, 2.24) is 4.90 Å². The van der Waals surface area contributed by atoms with Crippen molar-refractivity contribution in [2.45, 2.75) is 31.7 Å². The van der Waals surface area contributed by atoms with Crippen LogP contribution >= 0.6 is 11.6 Å². The smallest absolute Gasteiger partial charge is 0.220 e. The first kappa shape index (κ1) is 15.2. The fourth-order valence-electron chi connectivity index (χ4n) is 3.73. The lowest BCUT2D eigenvalue weighted by atomic mass is 9.73. The molecule has 1 saturated carbocycles. The van der Waals surface area contributed by atoms with Gasteiger partial charge in [0.2, 0.25) is 5.91 Å². The molecule has 118 valence electrons. The number of piperazine rings is 1. The first-order chi connectivity index (χ1) is 10.5. The number of nitrogen functional groups attached to an aromatic ring is 1. The van der Waals surface area contributed by atoms with Gasteiger partial charge in [0.25, 0.3) is 0 Å². The van der Waals surface area contributed by atoms with E-state index in [1.807, 2.05) is 11.0 Å². The van der Waals surface area contributed by atoms with E-state index in [4.69, 9.17) is 22.7 Å². The first-order valence-electron chi connectivity index (χ1n) is 7.59. The third-order valence-electron chi connectivity index (χ3n) is 4.96. The summed E-state index contributed by atoms with van der Waals surface area (Å²) in [5.41, 5.74) is 8.07. The summed E-state index contributed by atoms with van der Waals surface area (Å²) in [6.07, 6.45) is 4.52. The van der Waals surface area contributed by atoms with Crippen LogP contribution in [0.3, 0.4) is 0 Å². The minimum Gasteiger partial charge on any atom is -0.398 e. The number of anilines is 2. The monoisotopic (exact) mass is 320 g/mol. The van der Waals surface area contributed by atoms with Crippen molar-refractivity contribution in [2.24, 2.45) is 0 Å². The van der Waals surface area contributed by atoms with Gasteiger partial charge >= 0.3 is 0 Å². The average molecular weight is 321 g/mol. The van der Waals surface area contributed by atoms with Crippen molar-refractivity contribution in [3.63, 3.8) is 0 Å². The van der Waals surface area contributed by atoms with E-state index in [9.17, 15) is 4.79 Å². The Morgan fingerprint density at radius 3 is 2.68 bits per heavy atom. The molecule has 1 saturated heterocycles. The Bertz CT molecular complexity index is 627. The molecule has 1 aliphatic heterocycles. The predicted molar refractivity (Wildman–Crippen MR) is 89.9 cm³/mol. The lowest BCUT2D eigenvalue weighted by molar-refractivity contribution is -0.140. The Kier molecular flexibility index (Phi) is 3.77. The third-order valence-corrected chi connectivity index (χ3v) is 5.17. The molecule has 1 aromatic rings. The van der Waals surface area contributed by atoms with Crippen LogP contribution in [0.15, 0.2) is 12.1 Å². The molecule has 0 unspecified atom stereocenters. The van der Waals surface area contributed by atoms with Gasteiger partial charge in [0.15, 0.2) is 0 Å². The van der Waals surface area contributed by atoms with Crippen LogP contribution < -0.4 is 10.6 Å². The number of nitrogens with two attached hydrogens (primary N) is 1. The maximum absolute atomic E-state index is 11.9. The molecule has 1 aromatic carbocycles. The van der Waals surface area contributed by atoms with E-state index in [-0.39, 0.29) is 11.4 Å². The molecule has 2 aliphatic rings. The maximum atomic E-state index is 11.9. The van der Waals surface area contributed by atoms with Crippen molar-refractivity contribution in [3.8, 4) is 0 Å². The highest BCUT2D eigenvalue weighted by atomic mass is 35.5. The van der Waals surface area contributed by atoms with Crippen LogP contribution in [0.5, 0.6) is 0 Å². The Hall–Kier alpha value is -1.75. The highest BCUT2D eigenvalue weighted by Gasteiger charge is 2.47. The van der Waals surface area contributed by atoms with Crippen molar-refractivity contribution < 1.29 is 4.79 Å². The molecular formula is C16H21ClN4O. The Morgan fingerprint density at radius 2 is 2.14 bits per heavy atom. The second-order valence-electron chi connectivity index (χ2n) is 6.24. The highest BCUT2D eigenvalue weighted by molar-refractivity contribution is 6.31. The predicted octanol–water partition coefficient (Wildman–Crippen LogP) is 2.51. The summed E-state index contributed by atoms with van der Waals surface area (Å²) in [7, 11) is 0. The number of nitrogens with zero attached hydrogens (tertiary/aromatic N) is 2. The molecule has 0 atom stereocenters. The number of carbonyl (C=O) groups excluding carboxylic acids is 1. The van der Waals surface area contributed by atoms with E-state index in [1.54, 1.807) is 13.0 Å². The molecule has 1 aliphatic carbocycles. The van der Waals surface area contributed by atoms with Crippen LogP contribution in [-0.4, -0.2) is 42.2 Å². The maximum Gasteiger partial charge on any atom is 0.220 e. The number of nitrogens with one attached hydrogen (secondary N) is 1. The van der Waals surface area contributed by atoms with Crippen LogP contribution in [0.2, 0.25) is 5.02 Å². The summed E-state index contributed by atoms with van der Waals surface area (Å²) in [6, 6.07) is 3.55. The number of benzene rings is 1. The molecule has 5 nitrogen and oxygen atoms in total. The van der Waals surface area contributed by atoms with Gasteiger partial charge in [-0.3, -0.25) is 4.79 Å². The van der Waals surface area contributed by atoms with Gasteiger partial charge in [0.05, 0.1) is 5.54 Å². The van der Waals surface area contributed by atoms with E-state index in [2.05, 4.69) is 4.90 Å². The summed E-state index contributed by atoms with van der Waals surface area (Å²) < 4.78 is 0. The molecule has 0 radical (unpaired) electrons. The Balaban J connectivity index is 1.95. The molecule has 3 N–H and O–H groups in total. The summed E-state index contributed by atoms with van der Waals surface area (Å²) in [5, 5.41) is 8.22. The van der Waals surface area contributed by atoms with Gasteiger partial charge in [-0.25, -0.2) is 0 Å². The van der Waals surface area contributed by atoms with E-state index < -0.39 is 0 Å². The molecule has 2 fully saturated rings. The van der Waals surface area contributed by atoms with Gasteiger partial charge in [0.1, 0.15) is 0 Å². The SMILES string of the molecule is CC(=O)N1CCN(c2cc(Cl)cc(N)c2C=N)CC12CCC2. The van der Waals surface area contributed by atoms with Gasteiger partial charge in [-0.05, 0) is 31.4 Å². The summed E-state index contributed by atoms with van der Waals surface area (Å²) in [5.74, 6) is 0.150. The van der Waals surface area contributed by atoms with Crippen LogP contribution in [0, 0.1) is 5.41 Å². The quantitative estimate of drug-likeness (QED) is 0.649. The van der Waals surface area contributed by atoms with Crippen molar-refractivity contribution in [1.29, 1.82) is 5.41 Å². The Morgan fingerprint density at radius 1 is 1.41 bits per heavy atom. The highest BCUT2D eigenvalue weighted by Crippen LogP contribution is 2.42. The lowest BCUT2D eigenvalue weighted by Gasteiger charge is -2.56. The molecule has 1 amide bonds. The Labute approximate surface area is 135 Å². The largest absolute Gasteiger partial charge is 0.398 e. The van der Waals surface area contributed by atoms with Crippen LogP contribution in [0.4, 0.5) is 11.4 Å². The molecule has 6 heteroatoms. The normalized spacial score (nSPS) is 19.9. The minimum absolute atomic E-state index is 0.0551. The van der Waals surface area contributed by atoms with Crippen LogP contribution in [0.1, 0.15) is 31.7 Å². The van der Waals surface area contributed by atoms with Crippen LogP contribution in [-0.2, 0) is 4.79 Å². The first-order valence-corrected chi connectivity index (χ1v) is 7.97. The van der Waals surface area contributed by atoms with E-state index >= 15 is 0 Å². The number of carbonyl (C=O) groups is 1. The fourth-order valence-corrected chi connectivity index (χ4v) is 3.95. The number of amides is 1. The molecule has 0 aromatic heterocycles. The zero-order chi connectivity index (χ0) is 15.9. The number of rotatable bonds is 2. The standard InChI is InChI=1S/C16H21ClN4O/c1-11(22)21-6-5-20(10-16(21)3-2-4-16)15-8-12(17)7-14(19)13(15)9-18/h7-9,18H,2-6,10,19H2,1H3. The second kappa shape index (κ2) is 5.47. The molecular weight excluding hydrogens is 300 g/mol. The van der Waals surface area contributed by atoms with Gasteiger partial charge in [-0.2, -0.15) is 0 Å². The summed E-state index contributed by atoms with van der Waals surface area (Å²) >= 11 is 6.15. The van der Waals surface area contributed by atoms with Gasteiger partial charge in [-0.1, -0.05) is 11.6 Å². The van der Waals surface area contributed by atoms with Crippen molar-refractivity contribution in [2.75, 3.05) is 30.3 Å². The summed E-state index contributed by atoms with van der Waals surface area (Å²) in [4.78, 5) is 16.2. The van der Waals surface area contributed by atoms with Gasteiger partial charge in [0, 0.05) is 54.7 Å². The van der Waals surface area contributed by atoms with Gasteiger partial charge < -0.3 is 20.9 Å². The average Bonchev–Trinajstić information content (AvgIpc) is 2.44. The minimum atomic E-state index is -0.0551.